The lowest BCUT2D eigenvalue weighted by molar-refractivity contribution is -0.129. The quantitative estimate of drug-likeness (QED) is 0.804. The molecule has 9 heteroatoms. The number of rotatable bonds is 2. The molecule has 0 aromatic carbocycles. The van der Waals surface area contributed by atoms with E-state index < -0.39 is 10.0 Å². The zero-order valence-electron chi connectivity index (χ0n) is 9.67. The predicted octanol–water partition coefficient (Wildman–Crippen LogP) is 0.649. The molecule has 0 N–H and O–H groups in total. The summed E-state index contributed by atoms with van der Waals surface area (Å²) in [7, 11) is -3.52. The Hall–Kier alpha value is -0.700. The van der Waals surface area contributed by atoms with E-state index in [-0.39, 0.29) is 14.6 Å². The second kappa shape index (κ2) is 5.12. The molecule has 100 valence electrons. The zero-order chi connectivity index (χ0) is 13.3. The molecule has 0 radical (unpaired) electrons. The molecule has 1 saturated heterocycles. The van der Waals surface area contributed by atoms with E-state index in [2.05, 4.69) is 4.98 Å². The molecule has 0 saturated carbocycles. The normalized spacial score (nSPS) is 18.0. The van der Waals surface area contributed by atoms with Gasteiger partial charge < -0.3 is 4.90 Å². The van der Waals surface area contributed by atoms with Gasteiger partial charge in [-0.15, -0.1) is 0 Å². The van der Waals surface area contributed by atoms with Crippen LogP contribution in [0, 0.1) is 0 Å². The van der Waals surface area contributed by atoms with Crippen LogP contribution in [0.1, 0.15) is 6.92 Å². The number of hydrogen-bond donors (Lipinski definition) is 0. The smallest absolute Gasteiger partial charge is 0.254 e. The second-order valence-corrected chi connectivity index (χ2v) is 7.62. The van der Waals surface area contributed by atoms with E-state index in [1.165, 1.54) is 17.4 Å². The summed E-state index contributed by atoms with van der Waals surface area (Å²) in [5, 5.41) is 0. The van der Waals surface area contributed by atoms with Crippen LogP contribution in [0.15, 0.2) is 10.4 Å². The van der Waals surface area contributed by atoms with Gasteiger partial charge in [0.2, 0.25) is 5.91 Å². The van der Waals surface area contributed by atoms with Crippen molar-refractivity contribution in [1.29, 1.82) is 0 Å². The highest BCUT2D eigenvalue weighted by Crippen LogP contribution is 2.26. The Bertz CT molecular complexity index is 549. The van der Waals surface area contributed by atoms with Gasteiger partial charge in [0.1, 0.15) is 0 Å². The number of aromatic nitrogens is 1. The fourth-order valence-corrected chi connectivity index (χ4v) is 4.60. The van der Waals surface area contributed by atoms with E-state index in [0.29, 0.717) is 26.2 Å². The first-order chi connectivity index (χ1) is 8.41. The van der Waals surface area contributed by atoms with Crippen molar-refractivity contribution in [1.82, 2.24) is 14.2 Å². The SMILES string of the molecule is CC(=O)N1CCN(S(=O)(=O)c2cnc(Cl)s2)CC1. The maximum Gasteiger partial charge on any atom is 0.254 e. The third-order valence-electron chi connectivity index (χ3n) is 2.73. The fourth-order valence-electron chi connectivity index (χ4n) is 1.73. The first-order valence-electron chi connectivity index (χ1n) is 5.28. The third-order valence-corrected chi connectivity index (χ3v) is 6.18. The predicted molar refractivity (Wildman–Crippen MR) is 68.1 cm³/mol. The minimum atomic E-state index is -3.52. The Balaban J connectivity index is 2.12. The Labute approximate surface area is 114 Å². The van der Waals surface area contributed by atoms with E-state index in [0.717, 1.165) is 11.3 Å². The van der Waals surface area contributed by atoms with Crippen LogP contribution in [-0.2, 0) is 14.8 Å². The molecule has 1 amide bonds. The summed E-state index contributed by atoms with van der Waals surface area (Å²) < 4.78 is 26.1. The summed E-state index contributed by atoms with van der Waals surface area (Å²) >= 11 is 6.58. The molecule has 0 bridgehead atoms. The van der Waals surface area contributed by atoms with E-state index in [4.69, 9.17) is 11.6 Å². The van der Waals surface area contributed by atoms with Gasteiger partial charge in [-0.05, 0) is 0 Å². The number of sulfonamides is 1. The lowest BCUT2D eigenvalue weighted by atomic mass is 10.3. The molecule has 0 unspecified atom stereocenters. The number of halogens is 1. The van der Waals surface area contributed by atoms with Gasteiger partial charge in [-0.2, -0.15) is 4.31 Å². The van der Waals surface area contributed by atoms with Crippen molar-refractivity contribution in [3.8, 4) is 0 Å². The van der Waals surface area contributed by atoms with Crippen LogP contribution in [0.2, 0.25) is 4.47 Å². The first-order valence-corrected chi connectivity index (χ1v) is 7.91. The molecule has 6 nitrogen and oxygen atoms in total. The molecule has 1 fully saturated rings. The van der Waals surface area contributed by atoms with Crippen LogP contribution in [0.5, 0.6) is 0 Å². The minimum Gasteiger partial charge on any atom is -0.340 e. The van der Waals surface area contributed by atoms with Gasteiger partial charge >= 0.3 is 0 Å². The third kappa shape index (κ3) is 2.66. The highest BCUT2D eigenvalue weighted by Gasteiger charge is 2.30. The Kier molecular flexibility index (Phi) is 3.90. The summed E-state index contributed by atoms with van der Waals surface area (Å²) in [5.74, 6) is -0.0344. The van der Waals surface area contributed by atoms with E-state index in [1.54, 1.807) is 4.90 Å². The van der Waals surface area contributed by atoms with Crippen molar-refractivity contribution < 1.29 is 13.2 Å². The second-order valence-electron chi connectivity index (χ2n) is 3.84. The summed E-state index contributed by atoms with van der Waals surface area (Å²) in [6, 6.07) is 0. The Morgan fingerprint density at radius 3 is 2.44 bits per heavy atom. The van der Waals surface area contributed by atoms with E-state index in [1.807, 2.05) is 0 Å². The molecule has 0 aliphatic carbocycles. The molecule has 2 heterocycles. The minimum absolute atomic E-state index is 0.0344. The Morgan fingerprint density at radius 2 is 2.00 bits per heavy atom. The molecule has 0 atom stereocenters. The average molecular weight is 310 g/mol. The van der Waals surface area contributed by atoms with Crippen molar-refractivity contribution >= 4 is 38.9 Å². The van der Waals surface area contributed by atoms with Gasteiger partial charge in [-0.1, -0.05) is 22.9 Å². The molecule has 0 spiro atoms. The van der Waals surface area contributed by atoms with E-state index >= 15 is 0 Å². The number of nitrogens with zero attached hydrogens (tertiary/aromatic N) is 3. The molecular formula is C9H12ClN3O3S2. The lowest BCUT2D eigenvalue weighted by Gasteiger charge is -2.32. The fraction of sp³-hybridized carbons (Fsp3) is 0.556. The molecule has 2 rings (SSSR count). The average Bonchev–Trinajstić information content (AvgIpc) is 2.76. The van der Waals surface area contributed by atoms with Gasteiger partial charge in [0.25, 0.3) is 10.0 Å². The van der Waals surface area contributed by atoms with Crippen molar-refractivity contribution in [2.75, 3.05) is 26.2 Å². The van der Waals surface area contributed by atoms with Crippen LogP contribution >= 0.6 is 22.9 Å². The molecule has 18 heavy (non-hydrogen) atoms. The monoisotopic (exact) mass is 309 g/mol. The van der Waals surface area contributed by atoms with Crippen LogP contribution in [0.4, 0.5) is 0 Å². The van der Waals surface area contributed by atoms with Crippen molar-refractivity contribution in [2.24, 2.45) is 0 Å². The van der Waals surface area contributed by atoms with Gasteiger partial charge in [-0.25, -0.2) is 13.4 Å². The Morgan fingerprint density at radius 1 is 1.39 bits per heavy atom. The molecule has 1 aromatic heterocycles. The topological polar surface area (TPSA) is 70.6 Å². The van der Waals surface area contributed by atoms with Gasteiger partial charge in [0.15, 0.2) is 8.68 Å². The van der Waals surface area contributed by atoms with Gasteiger partial charge in [-0.3, -0.25) is 4.79 Å². The number of piperazine rings is 1. The van der Waals surface area contributed by atoms with E-state index in [9.17, 15) is 13.2 Å². The van der Waals surface area contributed by atoms with Crippen molar-refractivity contribution in [2.45, 2.75) is 11.1 Å². The highest BCUT2D eigenvalue weighted by molar-refractivity contribution is 7.91. The van der Waals surface area contributed by atoms with Crippen molar-refractivity contribution in [3.05, 3.63) is 10.7 Å². The lowest BCUT2D eigenvalue weighted by Crippen LogP contribution is -2.49. The molecule has 1 aromatic rings. The summed E-state index contributed by atoms with van der Waals surface area (Å²) in [4.78, 5) is 16.5. The van der Waals surface area contributed by atoms with Crippen molar-refractivity contribution in [3.63, 3.8) is 0 Å². The van der Waals surface area contributed by atoms with Crippen LogP contribution in [0.3, 0.4) is 0 Å². The van der Waals surface area contributed by atoms with Gasteiger partial charge in [0.05, 0.1) is 6.20 Å². The summed E-state index contributed by atoms with van der Waals surface area (Å²) in [6.07, 6.45) is 1.26. The maximum absolute atomic E-state index is 12.2. The highest BCUT2D eigenvalue weighted by atomic mass is 35.5. The first kappa shape index (κ1) is 13.7. The molecule has 1 aliphatic rings. The number of carbonyl (C=O) groups excluding carboxylic acids is 1. The zero-order valence-corrected chi connectivity index (χ0v) is 12.1. The largest absolute Gasteiger partial charge is 0.340 e. The van der Waals surface area contributed by atoms with Crippen LogP contribution in [0.25, 0.3) is 0 Å². The summed E-state index contributed by atoms with van der Waals surface area (Å²) in [5.41, 5.74) is 0. The molecular weight excluding hydrogens is 298 g/mol. The maximum atomic E-state index is 12.2. The standard InChI is InChI=1S/C9H12ClN3O3S2/c1-7(14)12-2-4-13(5-3-12)18(15,16)8-6-11-9(10)17-8/h6H,2-5H2,1H3. The summed E-state index contributed by atoms with van der Waals surface area (Å²) in [6.45, 7) is 2.92. The number of amides is 1. The molecule has 1 aliphatic heterocycles. The number of carbonyl (C=O) groups is 1. The van der Waals surface area contributed by atoms with Crippen LogP contribution in [-0.4, -0.2) is 54.7 Å². The number of thiazole rings is 1. The van der Waals surface area contributed by atoms with Crippen LogP contribution < -0.4 is 0 Å². The van der Waals surface area contributed by atoms with Gasteiger partial charge in [0, 0.05) is 33.1 Å². The number of hydrogen-bond acceptors (Lipinski definition) is 5.